The maximum absolute atomic E-state index is 13.6. The van der Waals surface area contributed by atoms with Crippen molar-refractivity contribution in [3.8, 4) is 11.4 Å². The summed E-state index contributed by atoms with van der Waals surface area (Å²) in [7, 11) is 1.63. The van der Waals surface area contributed by atoms with Crippen LogP contribution in [0.2, 0.25) is 5.15 Å². The highest BCUT2D eigenvalue weighted by Gasteiger charge is 2.33. The zero-order chi connectivity index (χ0) is 25.5. The largest absolute Gasteiger partial charge is 0.494 e. The number of nitrogens with one attached hydrogen (secondary N) is 2. The van der Waals surface area contributed by atoms with Gasteiger partial charge in [0.1, 0.15) is 28.9 Å². The lowest BCUT2D eigenvalue weighted by atomic mass is 9.97. The van der Waals surface area contributed by atoms with Crippen molar-refractivity contribution >= 4 is 29.1 Å². The first-order valence-corrected chi connectivity index (χ1v) is 12.9. The van der Waals surface area contributed by atoms with Gasteiger partial charge in [0.25, 0.3) is 0 Å². The molecule has 2 aromatic carbocycles. The maximum Gasteiger partial charge on any atom is 0.229 e. The smallest absolute Gasteiger partial charge is 0.229 e. The third-order valence-electron chi connectivity index (χ3n) is 7.28. The number of nitrogens with zero attached hydrogens (tertiary/aromatic N) is 4. The first-order chi connectivity index (χ1) is 18.0. The molecule has 6 rings (SSSR count). The Morgan fingerprint density at radius 3 is 2.62 bits per heavy atom. The van der Waals surface area contributed by atoms with Crippen LogP contribution in [-0.4, -0.2) is 32.7 Å². The summed E-state index contributed by atoms with van der Waals surface area (Å²) in [6.45, 7) is 2.22. The number of imidazole rings is 1. The van der Waals surface area contributed by atoms with Crippen molar-refractivity contribution in [2.45, 2.75) is 44.6 Å². The summed E-state index contributed by atoms with van der Waals surface area (Å²) in [6.07, 6.45) is 7.67. The highest BCUT2D eigenvalue weighted by Crippen LogP contribution is 2.42. The third kappa shape index (κ3) is 4.85. The van der Waals surface area contributed by atoms with Crippen LogP contribution in [0.1, 0.15) is 48.9 Å². The number of fused-ring (bicyclic) bond motifs is 1. The van der Waals surface area contributed by atoms with Gasteiger partial charge in [0.2, 0.25) is 5.95 Å². The number of anilines is 3. The first-order valence-electron chi connectivity index (χ1n) is 12.6. The Kier molecular flexibility index (Phi) is 6.20. The van der Waals surface area contributed by atoms with E-state index in [-0.39, 0.29) is 11.7 Å². The van der Waals surface area contributed by atoms with Crippen LogP contribution in [0.25, 0.3) is 5.69 Å². The molecule has 0 spiro atoms. The molecule has 0 aliphatic heterocycles. The van der Waals surface area contributed by atoms with Crippen molar-refractivity contribution in [3.63, 3.8) is 0 Å². The second-order valence-electron chi connectivity index (χ2n) is 9.79. The summed E-state index contributed by atoms with van der Waals surface area (Å²) < 4.78 is 21.0. The number of rotatable bonds is 8. The van der Waals surface area contributed by atoms with Crippen LogP contribution in [0.3, 0.4) is 0 Å². The van der Waals surface area contributed by atoms with Gasteiger partial charge in [-0.3, -0.25) is 0 Å². The quantitative estimate of drug-likeness (QED) is 0.277. The minimum absolute atomic E-state index is 0.0961. The van der Waals surface area contributed by atoms with Gasteiger partial charge < -0.3 is 19.9 Å². The third-order valence-corrected chi connectivity index (χ3v) is 7.48. The fourth-order valence-electron chi connectivity index (χ4n) is 5.11. The highest BCUT2D eigenvalue weighted by molar-refractivity contribution is 6.29. The normalized spacial score (nSPS) is 17.4. The fourth-order valence-corrected chi connectivity index (χ4v) is 5.26. The van der Waals surface area contributed by atoms with E-state index >= 15 is 0 Å². The van der Waals surface area contributed by atoms with E-state index < -0.39 is 0 Å². The molecule has 1 unspecified atom stereocenters. The van der Waals surface area contributed by atoms with Gasteiger partial charge in [0.05, 0.1) is 18.5 Å². The average molecular weight is 519 g/mol. The lowest BCUT2D eigenvalue weighted by Crippen LogP contribution is -2.20. The van der Waals surface area contributed by atoms with E-state index in [9.17, 15) is 4.39 Å². The summed E-state index contributed by atoms with van der Waals surface area (Å²) in [5.41, 5.74) is 4.82. The van der Waals surface area contributed by atoms with E-state index in [0.717, 1.165) is 46.9 Å². The van der Waals surface area contributed by atoms with E-state index in [4.69, 9.17) is 26.3 Å². The summed E-state index contributed by atoms with van der Waals surface area (Å²) in [5.74, 6) is 2.60. The van der Waals surface area contributed by atoms with Crippen molar-refractivity contribution in [1.29, 1.82) is 0 Å². The molecule has 2 atom stereocenters. The number of hydrogen-bond acceptors (Lipinski definition) is 6. The van der Waals surface area contributed by atoms with Crippen molar-refractivity contribution in [1.82, 2.24) is 19.5 Å². The van der Waals surface area contributed by atoms with Crippen LogP contribution < -0.4 is 15.4 Å². The fraction of sp³-hybridized carbons (Fsp3) is 0.321. The van der Waals surface area contributed by atoms with Gasteiger partial charge in [-0.15, -0.1) is 0 Å². The monoisotopic (exact) mass is 518 g/mol. The second-order valence-corrected chi connectivity index (χ2v) is 10.2. The van der Waals surface area contributed by atoms with Crippen molar-refractivity contribution in [3.05, 3.63) is 82.8 Å². The molecule has 9 heteroatoms. The molecule has 1 saturated carbocycles. The molecule has 0 saturated heterocycles. The molecule has 0 bridgehead atoms. The summed E-state index contributed by atoms with van der Waals surface area (Å²) >= 11 is 6.00. The Morgan fingerprint density at radius 1 is 1.11 bits per heavy atom. The molecular formula is C28H28ClFN6O. The molecule has 2 aliphatic rings. The standard InChI is InChI=1S/C28H28ClFN6O/c1-16(17-3-4-17)32-27-22-11-10-21(18-5-7-19(30)8-6-18)26(22)34-28(35-27)33-20-9-12-23(24(13-20)37-2)36-14-25(29)31-15-36/h5-9,12-17,21H,3-4,10-11H2,1-2H3,(H2,32,33,34,35)/t16-,21?/m1/s1. The predicted octanol–water partition coefficient (Wildman–Crippen LogP) is 6.50. The Balaban J connectivity index is 1.35. The minimum atomic E-state index is -0.233. The lowest BCUT2D eigenvalue weighted by Gasteiger charge is -2.19. The zero-order valence-corrected chi connectivity index (χ0v) is 21.5. The van der Waals surface area contributed by atoms with Crippen LogP contribution in [0.15, 0.2) is 55.0 Å². The second kappa shape index (κ2) is 9.67. The molecule has 4 aromatic rings. The summed E-state index contributed by atoms with van der Waals surface area (Å²) in [6, 6.07) is 12.9. The van der Waals surface area contributed by atoms with Crippen molar-refractivity contribution in [2.75, 3.05) is 17.7 Å². The number of ether oxygens (including phenoxy) is 1. The zero-order valence-electron chi connectivity index (χ0n) is 20.7. The van der Waals surface area contributed by atoms with Gasteiger partial charge in [0.15, 0.2) is 0 Å². The predicted molar refractivity (Wildman–Crippen MR) is 143 cm³/mol. The van der Waals surface area contributed by atoms with Gasteiger partial charge in [-0.25, -0.2) is 14.4 Å². The van der Waals surface area contributed by atoms with Crippen LogP contribution in [-0.2, 0) is 6.42 Å². The minimum Gasteiger partial charge on any atom is -0.494 e. The van der Waals surface area contributed by atoms with Gasteiger partial charge in [0, 0.05) is 35.5 Å². The molecule has 2 N–H and O–H groups in total. The number of aromatic nitrogens is 4. The lowest BCUT2D eigenvalue weighted by molar-refractivity contribution is 0.413. The van der Waals surface area contributed by atoms with Crippen LogP contribution in [0.4, 0.5) is 21.8 Å². The molecule has 2 heterocycles. The van der Waals surface area contributed by atoms with E-state index in [1.165, 1.54) is 25.0 Å². The number of hydrogen-bond donors (Lipinski definition) is 2. The number of halogens is 2. The molecular weight excluding hydrogens is 491 g/mol. The SMILES string of the molecule is COc1cc(Nc2nc(N[C@H](C)C3CC3)c3c(n2)C(c2ccc(F)cc2)CC3)ccc1-n1cnc(Cl)c1. The Morgan fingerprint density at radius 2 is 1.92 bits per heavy atom. The van der Waals surface area contributed by atoms with Gasteiger partial charge >= 0.3 is 0 Å². The molecule has 0 amide bonds. The van der Waals surface area contributed by atoms with E-state index in [2.05, 4.69) is 22.5 Å². The maximum atomic E-state index is 13.6. The summed E-state index contributed by atoms with van der Waals surface area (Å²) in [5, 5.41) is 7.46. The van der Waals surface area contributed by atoms with Crippen LogP contribution in [0, 0.1) is 11.7 Å². The van der Waals surface area contributed by atoms with Crippen molar-refractivity contribution < 1.29 is 9.13 Å². The molecule has 0 radical (unpaired) electrons. The topological polar surface area (TPSA) is 76.9 Å². The van der Waals surface area contributed by atoms with Crippen LogP contribution >= 0.6 is 11.6 Å². The van der Waals surface area contributed by atoms with Gasteiger partial charge in [-0.2, -0.15) is 4.98 Å². The number of benzene rings is 2. The molecule has 190 valence electrons. The highest BCUT2D eigenvalue weighted by atomic mass is 35.5. The van der Waals surface area contributed by atoms with E-state index in [1.807, 2.05) is 34.9 Å². The molecule has 37 heavy (non-hydrogen) atoms. The van der Waals surface area contributed by atoms with Gasteiger partial charge in [-0.05, 0) is 68.4 Å². The van der Waals surface area contributed by atoms with Gasteiger partial charge in [-0.1, -0.05) is 23.7 Å². The Hall–Kier alpha value is -3.65. The van der Waals surface area contributed by atoms with E-state index in [0.29, 0.717) is 28.8 Å². The van der Waals surface area contributed by atoms with Crippen LogP contribution in [0.5, 0.6) is 5.75 Å². The van der Waals surface area contributed by atoms with Crippen molar-refractivity contribution in [2.24, 2.45) is 5.92 Å². The molecule has 2 aliphatic carbocycles. The molecule has 7 nitrogen and oxygen atoms in total. The number of methoxy groups -OCH3 is 1. The molecule has 2 aromatic heterocycles. The first kappa shape index (κ1) is 23.7. The average Bonchev–Trinajstić information content (AvgIpc) is 3.53. The summed E-state index contributed by atoms with van der Waals surface area (Å²) in [4.78, 5) is 14.0. The molecule has 1 fully saturated rings. The van der Waals surface area contributed by atoms with E-state index in [1.54, 1.807) is 19.6 Å². The Bertz CT molecular complexity index is 1440. The Labute approximate surface area is 220 Å².